The van der Waals surface area contributed by atoms with E-state index in [4.69, 9.17) is 4.74 Å². The van der Waals surface area contributed by atoms with Gasteiger partial charge in [-0.25, -0.2) is 9.37 Å². The Balaban J connectivity index is 1.39. The Hall–Kier alpha value is -3.63. The lowest BCUT2D eigenvalue weighted by atomic mass is 10.1. The molecule has 3 atom stereocenters. The Morgan fingerprint density at radius 2 is 2.10 bits per heavy atom. The zero-order chi connectivity index (χ0) is 27.9. The van der Waals surface area contributed by atoms with Crippen molar-refractivity contribution >= 4 is 34.7 Å². The predicted molar refractivity (Wildman–Crippen MR) is 141 cm³/mol. The van der Waals surface area contributed by atoms with Crippen molar-refractivity contribution in [2.24, 2.45) is 5.92 Å². The number of anilines is 2. The van der Waals surface area contributed by atoms with Gasteiger partial charge >= 0.3 is 5.51 Å². The van der Waals surface area contributed by atoms with Crippen molar-refractivity contribution in [3.05, 3.63) is 47.8 Å². The number of carbonyl (C=O) groups excluding carboxylic acids is 1. The van der Waals surface area contributed by atoms with Crippen LogP contribution in [0.25, 0.3) is 5.65 Å². The summed E-state index contributed by atoms with van der Waals surface area (Å²) in [5.41, 5.74) is -4.29. The van der Waals surface area contributed by atoms with Gasteiger partial charge < -0.3 is 25.6 Å². The molecule has 206 valence electrons. The molecule has 0 bridgehead atoms. The second-order valence-electron chi connectivity index (χ2n) is 9.43. The van der Waals surface area contributed by atoms with Gasteiger partial charge in [0.15, 0.2) is 5.65 Å². The average molecular weight is 563 g/mol. The molecule has 1 aromatic carbocycles. The van der Waals surface area contributed by atoms with E-state index in [-0.39, 0.29) is 46.5 Å². The van der Waals surface area contributed by atoms with E-state index in [9.17, 15) is 18.0 Å². The molecule has 0 unspecified atom stereocenters. The van der Waals surface area contributed by atoms with E-state index in [1.807, 2.05) is 11.9 Å². The summed E-state index contributed by atoms with van der Waals surface area (Å²) in [4.78, 5) is 18.2. The number of alkyl halides is 4. The maximum Gasteiger partial charge on any atom is 0.447 e. The molecule has 3 aromatic rings. The number of imidazole rings is 1. The highest BCUT2D eigenvalue weighted by Gasteiger charge is 2.70. The number of pyridine rings is 1. The second kappa shape index (κ2) is 10.2. The van der Waals surface area contributed by atoms with Gasteiger partial charge in [0, 0.05) is 49.6 Å². The largest absolute Gasteiger partial charge is 0.495 e. The number of fused-ring (bicyclic) bond motifs is 2. The van der Waals surface area contributed by atoms with Gasteiger partial charge in [-0.1, -0.05) is 5.92 Å². The Kier molecular flexibility index (Phi) is 7.02. The highest BCUT2D eigenvalue weighted by Crippen LogP contribution is 2.54. The van der Waals surface area contributed by atoms with Gasteiger partial charge in [-0.15, -0.1) is 0 Å². The molecular formula is C26H26F4N6O2S. The molecular weight excluding hydrogens is 536 g/mol. The minimum atomic E-state index is -4.56. The van der Waals surface area contributed by atoms with Crippen LogP contribution in [-0.2, 0) is 0 Å². The zero-order valence-corrected chi connectivity index (χ0v) is 22.1. The van der Waals surface area contributed by atoms with Crippen LogP contribution in [0.2, 0.25) is 0 Å². The number of hydrogen-bond acceptors (Lipinski definition) is 7. The average Bonchev–Trinajstić information content (AvgIpc) is 3.14. The predicted octanol–water partition coefficient (Wildman–Crippen LogP) is 3.84. The van der Waals surface area contributed by atoms with Crippen LogP contribution < -0.4 is 20.7 Å². The number of amides is 1. The molecule has 1 aliphatic carbocycles. The van der Waals surface area contributed by atoms with Gasteiger partial charge in [0.1, 0.15) is 22.1 Å². The lowest BCUT2D eigenvalue weighted by Gasteiger charge is -2.16. The van der Waals surface area contributed by atoms with Crippen LogP contribution in [0.4, 0.5) is 28.9 Å². The van der Waals surface area contributed by atoms with E-state index in [0.29, 0.717) is 35.8 Å². The van der Waals surface area contributed by atoms with E-state index < -0.39 is 17.2 Å². The Bertz CT molecular complexity index is 1480. The van der Waals surface area contributed by atoms with E-state index >= 15 is 4.39 Å². The smallest absolute Gasteiger partial charge is 0.447 e. The van der Waals surface area contributed by atoms with Gasteiger partial charge in [0.2, 0.25) is 0 Å². The van der Waals surface area contributed by atoms with Gasteiger partial charge in [0.25, 0.3) is 5.91 Å². The van der Waals surface area contributed by atoms with E-state index in [1.54, 1.807) is 30.3 Å². The number of nitrogens with zero attached hydrogens (tertiary/aromatic N) is 3. The summed E-state index contributed by atoms with van der Waals surface area (Å²) in [5.74, 6) is 5.53. The molecule has 1 saturated carbocycles. The number of carbonyl (C=O) groups is 1. The van der Waals surface area contributed by atoms with Crippen molar-refractivity contribution in [2.45, 2.75) is 22.2 Å². The maximum atomic E-state index is 15.1. The monoisotopic (exact) mass is 562 g/mol. The Labute approximate surface area is 226 Å². The topological polar surface area (TPSA) is 82.9 Å². The molecule has 0 spiro atoms. The molecule has 3 N–H and O–H groups in total. The fourth-order valence-electron chi connectivity index (χ4n) is 5.00. The summed E-state index contributed by atoms with van der Waals surface area (Å²) in [6.45, 7) is 1.00. The fraction of sp³-hybridized carbons (Fsp3) is 0.385. The number of methoxy groups -OCH3 is 1. The van der Waals surface area contributed by atoms with Crippen LogP contribution in [0.3, 0.4) is 0 Å². The fourth-order valence-corrected chi connectivity index (χ4v) is 5.65. The number of halogens is 4. The number of aromatic nitrogens is 2. The van der Waals surface area contributed by atoms with E-state index in [2.05, 4.69) is 32.8 Å². The quantitative estimate of drug-likeness (QED) is 0.229. The Morgan fingerprint density at radius 3 is 2.77 bits per heavy atom. The lowest BCUT2D eigenvalue weighted by molar-refractivity contribution is -0.0330. The van der Waals surface area contributed by atoms with Crippen LogP contribution in [0, 0.1) is 17.8 Å². The van der Waals surface area contributed by atoms with Gasteiger partial charge in [-0.2, -0.15) is 13.2 Å². The highest BCUT2D eigenvalue weighted by atomic mass is 32.2. The molecule has 1 aliphatic heterocycles. The van der Waals surface area contributed by atoms with Crippen LogP contribution in [-0.4, -0.2) is 78.3 Å². The van der Waals surface area contributed by atoms with Crippen LogP contribution in [0.15, 0.2) is 41.6 Å². The first-order valence-electron chi connectivity index (χ1n) is 12.1. The van der Waals surface area contributed by atoms with Gasteiger partial charge in [-0.05, 0) is 43.3 Å². The van der Waals surface area contributed by atoms with Crippen LogP contribution in [0.1, 0.15) is 16.1 Å². The second-order valence-corrected chi connectivity index (χ2v) is 10.5. The molecule has 0 radical (unpaired) electrons. The zero-order valence-electron chi connectivity index (χ0n) is 21.3. The first kappa shape index (κ1) is 27.0. The number of nitrogens with one attached hydrogen (secondary N) is 3. The molecule has 39 heavy (non-hydrogen) atoms. The molecule has 1 amide bonds. The Morgan fingerprint density at radius 1 is 1.31 bits per heavy atom. The molecule has 2 aromatic heterocycles. The van der Waals surface area contributed by atoms with Gasteiger partial charge in [0.05, 0.1) is 31.1 Å². The third kappa shape index (κ3) is 5.31. The minimum Gasteiger partial charge on any atom is -0.495 e. The summed E-state index contributed by atoms with van der Waals surface area (Å²) in [6, 6.07) is 7.69. The van der Waals surface area contributed by atoms with Crippen molar-refractivity contribution in [1.82, 2.24) is 19.6 Å². The van der Waals surface area contributed by atoms with Crippen molar-refractivity contribution in [3.8, 4) is 17.6 Å². The molecule has 3 heterocycles. The SMILES string of the molecule is CNC(=O)c1ccc(NCC#Cc2nc3c(N[C@H]4[C@@H]5CN(C)C[C@@]54F)cccn3c2SC(F)(F)F)c(OC)c1. The number of rotatable bonds is 7. The van der Waals surface area contributed by atoms with Crippen molar-refractivity contribution < 1.29 is 27.1 Å². The summed E-state index contributed by atoms with van der Waals surface area (Å²) in [6.07, 6.45) is 1.48. The van der Waals surface area contributed by atoms with Crippen molar-refractivity contribution in [3.63, 3.8) is 0 Å². The lowest BCUT2D eigenvalue weighted by Crippen LogP contribution is -2.29. The number of piperidine rings is 1. The number of ether oxygens (including phenoxy) is 1. The number of hydrogen-bond donors (Lipinski definition) is 3. The van der Waals surface area contributed by atoms with Crippen molar-refractivity contribution in [1.29, 1.82) is 0 Å². The number of likely N-dealkylation sites (tertiary alicyclic amines) is 1. The maximum absolute atomic E-state index is 15.1. The van der Waals surface area contributed by atoms with Crippen LogP contribution in [0.5, 0.6) is 5.75 Å². The highest BCUT2D eigenvalue weighted by molar-refractivity contribution is 8.00. The van der Waals surface area contributed by atoms with Crippen LogP contribution >= 0.6 is 11.8 Å². The molecule has 8 nitrogen and oxygen atoms in total. The third-order valence-electron chi connectivity index (χ3n) is 6.84. The first-order valence-corrected chi connectivity index (χ1v) is 12.9. The number of benzene rings is 1. The number of thioether (sulfide) groups is 1. The minimum absolute atomic E-state index is 0.0407. The summed E-state index contributed by atoms with van der Waals surface area (Å²) >= 11 is -0.299. The molecule has 2 fully saturated rings. The third-order valence-corrected chi connectivity index (χ3v) is 7.66. The summed E-state index contributed by atoms with van der Waals surface area (Å²) < 4.78 is 62.1. The first-order chi connectivity index (χ1) is 18.5. The normalized spacial score (nSPS) is 22.1. The molecule has 5 rings (SSSR count). The summed E-state index contributed by atoms with van der Waals surface area (Å²) in [5, 5.41) is 8.57. The van der Waals surface area contributed by atoms with E-state index in [1.165, 1.54) is 24.8 Å². The molecule has 13 heteroatoms. The standard InChI is InChI=1S/C26H26F4N6O2S/c1-31-23(37)15-8-9-17(20(12-15)38-3)32-10-4-6-19-24(39-26(28,29)30)36-11-5-7-18(22(36)34-19)33-21-16-13-35(2)14-25(16,21)27/h5,7-9,11-12,16,21,32-33H,10,13-14H2,1-3H3,(H,31,37)/t16-,21-,25+/m0/s1. The molecule has 2 aliphatic rings. The van der Waals surface area contributed by atoms with Gasteiger partial charge in [-0.3, -0.25) is 9.20 Å². The van der Waals surface area contributed by atoms with Crippen molar-refractivity contribution in [2.75, 3.05) is 51.5 Å². The molecule has 1 saturated heterocycles. The summed E-state index contributed by atoms with van der Waals surface area (Å²) in [7, 11) is 4.84. The van der Waals surface area contributed by atoms with E-state index in [0.717, 1.165) is 0 Å².